The number of carbonyl (C=O) groups is 1. The fourth-order valence-electron chi connectivity index (χ4n) is 3.44. The molecule has 0 atom stereocenters. The van der Waals surface area contributed by atoms with Crippen molar-refractivity contribution < 1.29 is 9.32 Å². The van der Waals surface area contributed by atoms with E-state index in [-0.39, 0.29) is 11.8 Å². The lowest BCUT2D eigenvalue weighted by molar-refractivity contribution is 0.0904. The maximum absolute atomic E-state index is 12.2. The lowest BCUT2D eigenvalue weighted by Gasteiger charge is -2.34. The molecule has 0 spiro atoms. The van der Waals surface area contributed by atoms with Crippen LogP contribution in [0.2, 0.25) is 0 Å². The van der Waals surface area contributed by atoms with Gasteiger partial charge in [0.25, 0.3) is 0 Å². The monoisotopic (exact) mass is 407 g/mol. The van der Waals surface area contributed by atoms with E-state index < -0.39 is 0 Å². The summed E-state index contributed by atoms with van der Waals surface area (Å²) in [5.41, 5.74) is 1.96. The third kappa shape index (κ3) is 5.46. The fraction of sp³-hybridized carbons (Fsp3) is 0.381. The highest BCUT2D eigenvalue weighted by molar-refractivity contribution is 5.89. The molecule has 0 aliphatic carbocycles. The standard InChI is InChI=1S/C21H25N7O2/c29-20(21-25-19(26-30-21)18-13-22-16-23-14-18)24-7-4-8-27-9-11-28(12-10-27)15-17-5-2-1-3-6-17/h1-3,5-6,13-14,16H,4,7-12,15H2,(H,24,29). The van der Waals surface area contributed by atoms with Gasteiger partial charge in [0, 0.05) is 51.7 Å². The van der Waals surface area contributed by atoms with E-state index in [9.17, 15) is 4.79 Å². The molecule has 1 aliphatic rings. The first-order chi connectivity index (χ1) is 14.8. The SMILES string of the molecule is O=C(NCCCN1CCN(Cc2ccccc2)CC1)c1nc(-c2cncnc2)no1. The summed E-state index contributed by atoms with van der Waals surface area (Å²) in [7, 11) is 0. The van der Waals surface area contributed by atoms with Crippen molar-refractivity contribution in [2.45, 2.75) is 13.0 Å². The van der Waals surface area contributed by atoms with Gasteiger partial charge in [-0.05, 0) is 18.5 Å². The van der Waals surface area contributed by atoms with Gasteiger partial charge in [-0.15, -0.1) is 0 Å². The van der Waals surface area contributed by atoms with Gasteiger partial charge in [-0.3, -0.25) is 9.69 Å². The van der Waals surface area contributed by atoms with Crippen LogP contribution in [0.3, 0.4) is 0 Å². The zero-order valence-electron chi connectivity index (χ0n) is 16.8. The summed E-state index contributed by atoms with van der Waals surface area (Å²) < 4.78 is 5.04. The molecule has 30 heavy (non-hydrogen) atoms. The molecule has 9 heteroatoms. The first-order valence-corrected chi connectivity index (χ1v) is 10.1. The lowest BCUT2D eigenvalue weighted by atomic mass is 10.2. The average molecular weight is 407 g/mol. The minimum Gasteiger partial charge on any atom is -0.348 e. The largest absolute Gasteiger partial charge is 0.348 e. The fourth-order valence-corrected chi connectivity index (χ4v) is 3.44. The summed E-state index contributed by atoms with van der Waals surface area (Å²) in [5.74, 6) is -0.115. The van der Waals surface area contributed by atoms with Crippen LogP contribution < -0.4 is 5.32 Å². The predicted molar refractivity (Wildman–Crippen MR) is 110 cm³/mol. The topological polar surface area (TPSA) is 100 Å². The lowest BCUT2D eigenvalue weighted by Crippen LogP contribution is -2.46. The van der Waals surface area contributed by atoms with E-state index in [1.807, 2.05) is 0 Å². The second-order valence-corrected chi connectivity index (χ2v) is 7.26. The van der Waals surface area contributed by atoms with E-state index in [1.165, 1.54) is 11.9 Å². The third-order valence-electron chi connectivity index (χ3n) is 5.09. The van der Waals surface area contributed by atoms with Gasteiger partial charge in [-0.25, -0.2) is 9.97 Å². The summed E-state index contributed by atoms with van der Waals surface area (Å²) >= 11 is 0. The van der Waals surface area contributed by atoms with E-state index in [2.05, 4.69) is 65.6 Å². The molecular weight excluding hydrogens is 382 g/mol. The van der Waals surface area contributed by atoms with Crippen molar-refractivity contribution in [1.29, 1.82) is 0 Å². The maximum atomic E-state index is 12.2. The number of nitrogens with one attached hydrogen (secondary N) is 1. The van der Waals surface area contributed by atoms with Crippen LogP contribution in [0.1, 0.15) is 22.7 Å². The number of hydrogen-bond donors (Lipinski definition) is 1. The summed E-state index contributed by atoms with van der Waals surface area (Å²) in [6, 6.07) is 10.6. The molecule has 1 aliphatic heterocycles. The smallest absolute Gasteiger partial charge is 0.316 e. The number of rotatable bonds is 8. The Balaban J connectivity index is 1.14. The van der Waals surface area contributed by atoms with Crippen LogP contribution in [0.5, 0.6) is 0 Å². The van der Waals surface area contributed by atoms with Gasteiger partial charge in [0.1, 0.15) is 6.33 Å². The zero-order valence-corrected chi connectivity index (χ0v) is 16.8. The number of amides is 1. The number of hydrogen-bond acceptors (Lipinski definition) is 8. The van der Waals surface area contributed by atoms with Crippen LogP contribution in [-0.2, 0) is 6.54 Å². The van der Waals surface area contributed by atoms with Gasteiger partial charge in [-0.1, -0.05) is 35.5 Å². The molecule has 3 aromatic rings. The molecule has 1 aromatic carbocycles. The molecule has 1 saturated heterocycles. The molecular formula is C21H25N7O2. The number of piperazine rings is 1. The second kappa shape index (κ2) is 10.0. The number of carbonyl (C=O) groups excluding carboxylic acids is 1. The second-order valence-electron chi connectivity index (χ2n) is 7.26. The molecule has 1 fully saturated rings. The Morgan fingerprint density at radius 2 is 1.77 bits per heavy atom. The van der Waals surface area contributed by atoms with Gasteiger partial charge in [0.15, 0.2) is 0 Å². The zero-order chi connectivity index (χ0) is 20.6. The minimum atomic E-state index is -0.363. The highest BCUT2D eigenvalue weighted by Crippen LogP contribution is 2.12. The number of aromatic nitrogens is 4. The molecule has 1 N–H and O–H groups in total. The summed E-state index contributed by atoms with van der Waals surface area (Å²) in [6.45, 7) is 6.75. The summed E-state index contributed by atoms with van der Waals surface area (Å²) in [5, 5.41) is 6.65. The molecule has 0 saturated carbocycles. The summed E-state index contributed by atoms with van der Waals surface area (Å²) in [4.78, 5) is 29.0. The Morgan fingerprint density at radius 3 is 2.53 bits per heavy atom. The van der Waals surface area contributed by atoms with Crippen LogP contribution in [0.15, 0.2) is 53.6 Å². The van der Waals surface area contributed by atoms with Crippen molar-refractivity contribution in [3.05, 3.63) is 60.5 Å². The van der Waals surface area contributed by atoms with Gasteiger partial charge < -0.3 is 14.7 Å². The highest BCUT2D eigenvalue weighted by Gasteiger charge is 2.18. The normalized spacial score (nSPS) is 15.2. The molecule has 156 valence electrons. The van der Waals surface area contributed by atoms with Crippen LogP contribution >= 0.6 is 0 Å². The van der Waals surface area contributed by atoms with Crippen LogP contribution in [0, 0.1) is 0 Å². The Hall–Kier alpha value is -3.17. The van der Waals surface area contributed by atoms with Crippen molar-refractivity contribution >= 4 is 5.91 Å². The molecule has 3 heterocycles. The van der Waals surface area contributed by atoms with Crippen molar-refractivity contribution in [3.63, 3.8) is 0 Å². The number of nitrogens with zero attached hydrogens (tertiary/aromatic N) is 6. The predicted octanol–water partition coefficient (Wildman–Crippen LogP) is 1.46. The molecule has 1 amide bonds. The van der Waals surface area contributed by atoms with Gasteiger partial charge in [-0.2, -0.15) is 4.98 Å². The van der Waals surface area contributed by atoms with E-state index >= 15 is 0 Å². The molecule has 0 unspecified atom stereocenters. The van der Waals surface area contributed by atoms with Crippen molar-refractivity contribution in [2.24, 2.45) is 0 Å². The Labute approximate surface area is 175 Å². The first-order valence-electron chi connectivity index (χ1n) is 10.1. The maximum Gasteiger partial charge on any atom is 0.316 e. The average Bonchev–Trinajstić information content (AvgIpc) is 3.30. The Bertz CT molecular complexity index is 925. The molecule has 4 rings (SSSR count). The molecule has 0 radical (unpaired) electrons. The van der Waals surface area contributed by atoms with Crippen molar-refractivity contribution in [1.82, 2.24) is 35.2 Å². The van der Waals surface area contributed by atoms with Gasteiger partial charge in [0.05, 0.1) is 5.56 Å². The number of benzene rings is 1. The molecule has 9 nitrogen and oxygen atoms in total. The van der Waals surface area contributed by atoms with E-state index in [0.29, 0.717) is 17.9 Å². The minimum absolute atomic E-state index is 0.0524. The van der Waals surface area contributed by atoms with Crippen molar-refractivity contribution in [3.8, 4) is 11.4 Å². The summed E-state index contributed by atoms with van der Waals surface area (Å²) in [6.07, 6.45) is 5.43. The van der Waals surface area contributed by atoms with E-state index in [1.54, 1.807) is 12.4 Å². The quantitative estimate of drug-likeness (QED) is 0.560. The van der Waals surface area contributed by atoms with Gasteiger partial charge in [0.2, 0.25) is 5.82 Å². The third-order valence-corrected chi connectivity index (χ3v) is 5.09. The van der Waals surface area contributed by atoms with Crippen molar-refractivity contribution in [2.75, 3.05) is 39.3 Å². The first kappa shape index (κ1) is 20.1. The Morgan fingerprint density at radius 1 is 1.03 bits per heavy atom. The van der Waals surface area contributed by atoms with Gasteiger partial charge >= 0.3 is 11.8 Å². The highest BCUT2D eigenvalue weighted by atomic mass is 16.5. The van der Waals surface area contributed by atoms with E-state index in [0.717, 1.165) is 45.7 Å². The Kier molecular flexibility index (Phi) is 6.73. The van der Waals surface area contributed by atoms with Crippen LogP contribution in [0.25, 0.3) is 11.4 Å². The van der Waals surface area contributed by atoms with E-state index in [4.69, 9.17) is 4.52 Å². The molecule has 2 aromatic heterocycles. The van der Waals surface area contributed by atoms with Crippen LogP contribution in [-0.4, -0.2) is 75.1 Å². The molecule has 0 bridgehead atoms. The van der Waals surface area contributed by atoms with Crippen LogP contribution in [0.4, 0.5) is 0 Å².